The maximum atomic E-state index is 11.4. The van der Waals surface area contributed by atoms with Crippen LogP contribution in [0.1, 0.15) is 21.5 Å². The molecule has 3 nitrogen and oxygen atoms in total. The van der Waals surface area contributed by atoms with Gasteiger partial charge in [0, 0.05) is 5.02 Å². The molecule has 4 heteroatoms. The molecule has 0 radical (unpaired) electrons. The monoisotopic (exact) mass is 290 g/mol. The first kappa shape index (κ1) is 14.4. The topological polar surface area (TPSA) is 46.5 Å². The van der Waals surface area contributed by atoms with E-state index in [4.69, 9.17) is 16.3 Å². The minimum atomic E-state index is -0.990. The molecule has 0 heterocycles. The second-order valence-electron chi connectivity index (χ2n) is 4.63. The van der Waals surface area contributed by atoms with Gasteiger partial charge in [0.2, 0.25) is 0 Å². The van der Waals surface area contributed by atoms with Crippen molar-refractivity contribution < 1.29 is 14.6 Å². The third-order valence-electron chi connectivity index (χ3n) is 3.24. The zero-order chi connectivity index (χ0) is 14.9. The highest BCUT2D eigenvalue weighted by molar-refractivity contribution is 6.31. The van der Waals surface area contributed by atoms with Crippen LogP contribution in [0.15, 0.2) is 30.3 Å². The maximum Gasteiger partial charge on any atom is 0.336 e. The third kappa shape index (κ3) is 2.63. The molecule has 0 spiro atoms. The Kier molecular flexibility index (Phi) is 4.00. The van der Waals surface area contributed by atoms with Crippen molar-refractivity contribution in [3.8, 4) is 16.9 Å². The first-order chi connectivity index (χ1) is 9.43. The molecule has 2 aromatic carbocycles. The van der Waals surface area contributed by atoms with Crippen LogP contribution in [-0.2, 0) is 0 Å². The number of halogens is 1. The summed E-state index contributed by atoms with van der Waals surface area (Å²) in [4.78, 5) is 11.4. The molecule has 20 heavy (non-hydrogen) atoms. The Morgan fingerprint density at radius 1 is 1.10 bits per heavy atom. The Morgan fingerprint density at radius 2 is 1.80 bits per heavy atom. The van der Waals surface area contributed by atoms with E-state index in [-0.39, 0.29) is 5.56 Å². The van der Waals surface area contributed by atoms with Crippen molar-refractivity contribution in [2.24, 2.45) is 0 Å². The van der Waals surface area contributed by atoms with Gasteiger partial charge < -0.3 is 9.84 Å². The Hall–Kier alpha value is -2.00. The van der Waals surface area contributed by atoms with Crippen LogP contribution in [0.3, 0.4) is 0 Å². The number of aromatic carboxylic acids is 1. The van der Waals surface area contributed by atoms with E-state index in [0.29, 0.717) is 10.6 Å². The summed E-state index contributed by atoms with van der Waals surface area (Å²) in [6, 6.07) is 8.75. The van der Waals surface area contributed by atoms with Crippen molar-refractivity contribution in [3.63, 3.8) is 0 Å². The van der Waals surface area contributed by atoms with Gasteiger partial charge in [-0.1, -0.05) is 17.7 Å². The third-order valence-corrected chi connectivity index (χ3v) is 3.48. The standard InChI is InChI=1S/C16H15ClO3/c1-9-7-15(20-3)10(2)6-13(9)12-5-4-11(17)8-14(12)16(18)19/h4-8H,1-3H3,(H,18,19). The molecule has 0 aliphatic heterocycles. The molecule has 0 saturated heterocycles. The number of hydrogen-bond donors (Lipinski definition) is 1. The molecule has 2 rings (SSSR count). The number of carboxylic acids is 1. The van der Waals surface area contributed by atoms with E-state index in [9.17, 15) is 9.90 Å². The van der Waals surface area contributed by atoms with Crippen LogP contribution in [0.5, 0.6) is 5.75 Å². The number of carbonyl (C=O) groups is 1. The van der Waals surface area contributed by atoms with Gasteiger partial charge in [-0.15, -0.1) is 0 Å². The van der Waals surface area contributed by atoms with E-state index in [1.54, 1.807) is 19.2 Å². The van der Waals surface area contributed by atoms with Crippen LogP contribution >= 0.6 is 11.6 Å². The van der Waals surface area contributed by atoms with Crippen LogP contribution in [-0.4, -0.2) is 18.2 Å². The summed E-state index contributed by atoms with van der Waals surface area (Å²) in [5.41, 5.74) is 3.64. The summed E-state index contributed by atoms with van der Waals surface area (Å²) in [5.74, 6) is -0.201. The van der Waals surface area contributed by atoms with Crippen molar-refractivity contribution in [1.29, 1.82) is 0 Å². The minimum Gasteiger partial charge on any atom is -0.496 e. The number of rotatable bonds is 3. The lowest BCUT2D eigenvalue weighted by Gasteiger charge is -2.13. The molecule has 104 valence electrons. The molecule has 0 saturated carbocycles. The van der Waals surface area contributed by atoms with E-state index in [0.717, 1.165) is 22.4 Å². The molecule has 2 aromatic rings. The number of carboxylic acid groups (broad SMARTS) is 1. The quantitative estimate of drug-likeness (QED) is 0.915. The average molecular weight is 291 g/mol. The van der Waals surface area contributed by atoms with E-state index < -0.39 is 5.97 Å². The average Bonchev–Trinajstić information content (AvgIpc) is 2.41. The van der Waals surface area contributed by atoms with Gasteiger partial charge in [0.25, 0.3) is 0 Å². The molecule has 0 unspecified atom stereocenters. The smallest absolute Gasteiger partial charge is 0.336 e. The van der Waals surface area contributed by atoms with Crippen LogP contribution in [0.4, 0.5) is 0 Å². The van der Waals surface area contributed by atoms with Crippen LogP contribution in [0, 0.1) is 13.8 Å². The lowest BCUT2D eigenvalue weighted by Crippen LogP contribution is -2.01. The SMILES string of the molecule is COc1cc(C)c(-c2ccc(Cl)cc2C(=O)O)cc1C. The highest BCUT2D eigenvalue weighted by atomic mass is 35.5. The highest BCUT2D eigenvalue weighted by Gasteiger charge is 2.15. The molecule has 0 aliphatic rings. The molecule has 0 bridgehead atoms. The molecule has 0 amide bonds. The zero-order valence-corrected chi connectivity index (χ0v) is 12.3. The summed E-state index contributed by atoms with van der Waals surface area (Å²) in [7, 11) is 1.62. The van der Waals surface area contributed by atoms with Gasteiger partial charge in [-0.3, -0.25) is 0 Å². The number of aryl methyl sites for hydroxylation is 2. The van der Waals surface area contributed by atoms with Crippen molar-refractivity contribution in [3.05, 3.63) is 52.0 Å². The first-order valence-corrected chi connectivity index (χ1v) is 6.50. The molecular weight excluding hydrogens is 276 g/mol. The summed E-state index contributed by atoms with van der Waals surface area (Å²) in [6.07, 6.45) is 0. The van der Waals surface area contributed by atoms with Crippen molar-refractivity contribution in [2.75, 3.05) is 7.11 Å². The first-order valence-electron chi connectivity index (χ1n) is 6.12. The van der Waals surface area contributed by atoms with Crippen molar-refractivity contribution >= 4 is 17.6 Å². The fourth-order valence-corrected chi connectivity index (χ4v) is 2.40. The Labute approximate surface area is 122 Å². The van der Waals surface area contributed by atoms with Crippen LogP contribution < -0.4 is 4.74 Å². The van der Waals surface area contributed by atoms with Gasteiger partial charge in [-0.2, -0.15) is 0 Å². The van der Waals surface area contributed by atoms with Gasteiger partial charge >= 0.3 is 5.97 Å². The lowest BCUT2D eigenvalue weighted by atomic mass is 9.94. The number of benzene rings is 2. The Bertz CT molecular complexity index is 678. The zero-order valence-electron chi connectivity index (χ0n) is 11.5. The van der Waals surface area contributed by atoms with Gasteiger partial charge in [-0.05, 0) is 60.4 Å². The molecule has 0 aromatic heterocycles. The Morgan fingerprint density at radius 3 is 2.40 bits per heavy atom. The molecule has 1 N–H and O–H groups in total. The van der Waals surface area contributed by atoms with E-state index >= 15 is 0 Å². The molecule has 0 fully saturated rings. The van der Waals surface area contributed by atoms with E-state index in [1.165, 1.54) is 6.07 Å². The van der Waals surface area contributed by atoms with Gasteiger partial charge in [0.15, 0.2) is 0 Å². The number of hydrogen-bond acceptors (Lipinski definition) is 2. The summed E-state index contributed by atoms with van der Waals surface area (Å²) in [5, 5.41) is 9.74. The van der Waals surface area contributed by atoms with Gasteiger partial charge in [0.05, 0.1) is 12.7 Å². The number of ether oxygens (including phenoxy) is 1. The fraction of sp³-hybridized carbons (Fsp3) is 0.188. The van der Waals surface area contributed by atoms with Crippen molar-refractivity contribution in [1.82, 2.24) is 0 Å². The largest absolute Gasteiger partial charge is 0.496 e. The highest BCUT2D eigenvalue weighted by Crippen LogP contribution is 2.33. The molecular formula is C16H15ClO3. The maximum absolute atomic E-state index is 11.4. The minimum absolute atomic E-state index is 0.199. The van der Waals surface area contributed by atoms with E-state index in [2.05, 4.69) is 0 Å². The van der Waals surface area contributed by atoms with Crippen molar-refractivity contribution in [2.45, 2.75) is 13.8 Å². The molecule has 0 aliphatic carbocycles. The van der Waals surface area contributed by atoms with Crippen LogP contribution in [0.25, 0.3) is 11.1 Å². The lowest BCUT2D eigenvalue weighted by molar-refractivity contribution is 0.0697. The van der Waals surface area contributed by atoms with E-state index in [1.807, 2.05) is 26.0 Å². The summed E-state index contributed by atoms with van der Waals surface area (Å²) >= 11 is 5.88. The second kappa shape index (κ2) is 5.55. The number of methoxy groups -OCH3 is 1. The van der Waals surface area contributed by atoms with Crippen LogP contribution in [0.2, 0.25) is 5.02 Å². The molecule has 0 atom stereocenters. The predicted octanol–water partition coefficient (Wildman–Crippen LogP) is 4.33. The summed E-state index contributed by atoms with van der Waals surface area (Å²) in [6.45, 7) is 3.86. The second-order valence-corrected chi connectivity index (χ2v) is 5.07. The summed E-state index contributed by atoms with van der Waals surface area (Å²) < 4.78 is 5.28. The van der Waals surface area contributed by atoms with Gasteiger partial charge in [-0.25, -0.2) is 4.79 Å². The normalized spacial score (nSPS) is 10.4. The van der Waals surface area contributed by atoms with Gasteiger partial charge in [0.1, 0.15) is 5.75 Å². The predicted molar refractivity (Wildman–Crippen MR) is 79.9 cm³/mol. The Balaban J connectivity index is 2.69. The fourth-order valence-electron chi connectivity index (χ4n) is 2.23.